The van der Waals surface area contributed by atoms with Crippen LogP contribution in [0, 0.1) is 30.1 Å². The number of aryl methyl sites for hydroxylation is 2. The highest BCUT2D eigenvalue weighted by molar-refractivity contribution is 5.49. The minimum Gasteiger partial charge on any atom is -0.440 e. The number of rotatable bonds is 9. The van der Waals surface area contributed by atoms with Gasteiger partial charge >= 0.3 is 0 Å². The summed E-state index contributed by atoms with van der Waals surface area (Å²) in [5.74, 6) is 1.35. The zero-order valence-corrected chi connectivity index (χ0v) is 19.7. The van der Waals surface area contributed by atoms with Gasteiger partial charge in [-0.1, -0.05) is 70.4 Å². The fourth-order valence-electron chi connectivity index (χ4n) is 4.58. The molecule has 0 radical (unpaired) electrons. The third kappa shape index (κ3) is 5.43. The summed E-state index contributed by atoms with van der Waals surface area (Å²) in [5, 5.41) is 9.81. The molecule has 2 unspecified atom stereocenters. The summed E-state index contributed by atoms with van der Waals surface area (Å²) in [6.45, 7) is 9.16. The minimum atomic E-state index is -0.325. The molecule has 0 amide bonds. The molecular formula is C27H35N3O2. The Morgan fingerprint density at radius 1 is 1.19 bits per heavy atom. The number of hydrogen-bond acceptors (Lipinski definition) is 4. The number of nitrogens with zero attached hydrogens (tertiary/aromatic N) is 2. The van der Waals surface area contributed by atoms with Crippen LogP contribution in [0.15, 0.2) is 52.6 Å². The number of fused-ring (bicyclic) bond motifs is 1. The van der Waals surface area contributed by atoms with Gasteiger partial charge < -0.3 is 15.0 Å². The summed E-state index contributed by atoms with van der Waals surface area (Å²) >= 11 is 0. The van der Waals surface area contributed by atoms with E-state index in [4.69, 9.17) is 10.5 Å². The molecule has 2 aromatic rings. The summed E-state index contributed by atoms with van der Waals surface area (Å²) in [6.07, 6.45) is 4.88. The first kappa shape index (κ1) is 23.7. The average molecular weight is 434 g/mol. The van der Waals surface area contributed by atoms with Crippen LogP contribution < -0.4 is 16.0 Å². The Morgan fingerprint density at radius 2 is 1.91 bits per heavy atom. The molecule has 5 nitrogen and oxygen atoms in total. The van der Waals surface area contributed by atoms with Crippen LogP contribution in [-0.4, -0.2) is 4.57 Å². The monoisotopic (exact) mass is 433 g/mol. The van der Waals surface area contributed by atoms with Gasteiger partial charge in [-0.15, -0.1) is 0 Å². The van der Waals surface area contributed by atoms with Crippen LogP contribution in [0.1, 0.15) is 69.2 Å². The highest BCUT2D eigenvalue weighted by Gasteiger charge is 2.33. The second-order valence-corrected chi connectivity index (χ2v) is 9.47. The lowest BCUT2D eigenvalue weighted by Gasteiger charge is -2.29. The summed E-state index contributed by atoms with van der Waals surface area (Å²) in [6, 6.07) is 14.3. The van der Waals surface area contributed by atoms with Crippen molar-refractivity contribution in [1.82, 2.24) is 4.57 Å². The third-order valence-electron chi connectivity index (χ3n) is 6.39. The van der Waals surface area contributed by atoms with E-state index in [1.807, 2.05) is 35.8 Å². The summed E-state index contributed by atoms with van der Waals surface area (Å²) in [5.41, 5.74) is 9.01. The zero-order chi connectivity index (χ0) is 23.3. The smallest absolute Gasteiger partial charge is 0.258 e. The number of hydrogen-bond donors (Lipinski definition) is 1. The van der Waals surface area contributed by atoms with Gasteiger partial charge in [0.05, 0.1) is 11.1 Å². The molecule has 0 aliphatic carbocycles. The third-order valence-corrected chi connectivity index (χ3v) is 6.39. The van der Waals surface area contributed by atoms with Gasteiger partial charge in [0.2, 0.25) is 5.88 Å². The maximum absolute atomic E-state index is 13.6. The van der Waals surface area contributed by atoms with Crippen molar-refractivity contribution in [2.24, 2.45) is 17.6 Å². The molecule has 2 heterocycles. The Kier molecular flexibility index (Phi) is 7.80. The Bertz CT molecular complexity index is 1060. The lowest BCUT2D eigenvalue weighted by Crippen LogP contribution is -2.33. The number of allylic oxidation sites excluding steroid dienone is 1. The Balaban J connectivity index is 1.91. The van der Waals surface area contributed by atoms with E-state index < -0.39 is 0 Å². The van der Waals surface area contributed by atoms with Crippen LogP contribution in [0.4, 0.5) is 0 Å². The second-order valence-electron chi connectivity index (χ2n) is 9.47. The van der Waals surface area contributed by atoms with Gasteiger partial charge in [-0.2, -0.15) is 5.26 Å². The summed E-state index contributed by atoms with van der Waals surface area (Å²) in [4.78, 5) is 13.6. The van der Waals surface area contributed by atoms with Crippen LogP contribution >= 0.6 is 0 Å². The van der Waals surface area contributed by atoms with Crippen molar-refractivity contribution < 1.29 is 4.74 Å². The van der Waals surface area contributed by atoms with E-state index in [1.165, 1.54) is 12.0 Å². The molecule has 1 aliphatic rings. The molecule has 0 saturated carbocycles. The van der Waals surface area contributed by atoms with Gasteiger partial charge in [-0.25, -0.2) is 0 Å². The predicted octanol–water partition coefficient (Wildman–Crippen LogP) is 5.42. The van der Waals surface area contributed by atoms with E-state index in [0.717, 1.165) is 31.4 Å². The molecule has 3 rings (SSSR count). The largest absolute Gasteiger partial charge is 0.440 e. The van der Waals surface area contributed by atoms with Gasteiger partial charge in [0.1, 0.15) is 11.8 Å². The first-order valence-electron chi connectivity index (χ1n) is 11.7. The lowest BCUT2D eigenvalue weighted by molar-refractivity contribution is 0.359. The standard InChI is InChI=1S/C27H35N3O2/c1-18(2)9-8-10-19(3)15-22-23(17-28)26(29)32-24-16-20(4)30(27(31)25(22)24)14-13-21-11-6-5-7-12-21/h5-7,11-12,16,18-19,22H,8-10,13-15,29H2,1-4H3. The first-order valence-corrected chi connectivity index (χ1v) is 11.7. The topological polar surface area (TPSA) is 81.0 Å². The number of pyridine rings is 1. The van der Waals surface area contributed by atoms with Crippen LogP contribution in [-0.2, 0) is 13.0 Å². The van der Waals surface area contributed by atoms with E-state index in [2.05, 4.69) is 39.0 Å². The fraction of sp³-hybridized carbons (Fsp3) is 0.481. The molecule has 1 aromatic carbocycles. The molecule has 5 heteroatoms. The fourth-order valence-corrected chi connectivity index (χ4v) is 4.58. The van der Waals surface area contributed by atoms with E-state index in [1.54, 1.807) is 0 Å². The predicted molar refractivity (Wildman–Crippen MR) is 128 cm³/mol. The van der Waals surface area contributed by atoms with E-state index in [9.17, 15) is 10.1 Å². The van der Waals surface area contributed by atoms with Gasteiger partial charge in [0, 0.05) is 24.2 Å². The lowest BCUT2D eigenvalue weighted by atomic mass is 9.81. The van der Waals surface area contributed by atoms with Gasteiger partial charge in [-0.05, 0) is 37.2 Å². The van der Waals surface area contributed by atoms with Gasteiger partial charge in [-0.3, -0.25) is 4.79 Å². The summed E-state index contributed by atoms with van der Waals surface area (Å²) < 4.78 is 7.57. The molecule has 1 aliphatic heterocycles. The van der Waals surface area contributed by atoms with E-state index >= 15 is 0 Å². The first-order chi connectivity index (χ1) is 15.3. The van der Waals surface area contributed by atoms with Crippen molar-refractivity contribution in [2.45, 2.75) is 72.3 Å². The van der Waals surface area contributed by atoms with Crippen molar-refractivity contribution in [2.75, 3.05) is 0 Å². The van der Waals surface area contributed by atoms with Gasteiger partial charge in [0.25, 0.3) is 5.56 Å². The van der Waals surface area contributed by atoms with Crippen molar-refractivity contribution >= 4 is 0 Å². The number of nitrogens with two attached hydrogens (primary N) is 1. The Hall–Kier alpha value is -3.00. The summed E-state index contributed by atoms with van der Waals surface area (Å²) in [7, 11) is 0. The molecule has 170 valence electrons. The Labute approximate surface area is 191 Å². The van der Waals surface area contributed by atoms with E-state index in [0.29, 0.717) is 35.3 Å². The molecular weight excluding hydrogens is 398 g/mol. The molecule has 0 spiro atoms. The SMILES string of the molecule is Cc1cc2c(c(=O)n1CCc1ccccc1)C(CC(C)CCCC(C)C)C(C#N)=C(N)O2. The highest BCUT2D eigenvalue weighted by Crippen LogP contribution is 2.40. The number of nitriles is 1. The van der Waals surface area contributed by atoms with Gasteiger partial charge in [0.15, 0.2) is 0 Å². The maximum Gasteiger partial charge on any atom is 0.258 e. The Morgan fingerprint density at radius 3 is 2.56 bits per heavy atom. The minimum absolute atomic E-state index is 0.0736. The zero-order valence-electron chi connectivity index (χ0n) is 19.7. The maximum atomic E-state index is 13.6. The molecule has 2 N–H and O–H groups in total. The van der Waals surface area contributed by atoms with E-state index in [-0.39, 0.29) is 17.4 Å². The number of ether oxygens (including phenoxy) is 1. The number of benzene rings is 1. The van der Waals surface area contributed by atoms with Crippen LogP contribution in [0.5, 0.6) is 5.75 Å². The quantitative estimate of drug-likeness (QED) is 0.572. The van der Waals surface area contributed by atoms with Crippen LogP contribution in [0.2, 0.25) is 0 Å². The normalized spacial score (nSPS) is 16.4. The van der Waals surface area contributed by atoms with Crippen molar-refractivity contribution in [3.8, 4) is 11.8 Å². The average Bonchev–Trinajstić information content (AvgIpc) is 2.73. The molecule has 32 heavy (non-hydrogen) atoms. The highest BCUT2D eigenvalue weighted by atomic mass is 16.5. The van der Waals surface area contributed by atoms with Crippen molar-refractivity contribution in [3.63, 3.8) is 0 Å². The van der Waals surface area contributed by atoms with Crippen LogP contribution in [0.3, 0.4) is 0 Å². The van der Waals surface area contributed by atoms with Crippen molar-refractivity contribution in [3.05, 3.63) is 75.0 Å². The molecule has 0 fully saturated rings. The van der Waals surface area contributed by atoms with Crippen molar-refractivity contribution in [1.29, 1.82) is 5.26 Å². The molecule has 2 atom stereocenters. The molecule has 1 aromatic heterocycles. The number of aromatic nitrogens is 1. The molecule has 0 saturated heterocycles. The van der Waals surface area contributed by atoms with Crippen LogP contribution in [0.25, 0.3) is 0 Å². The second kappa shape index (κ2) is 10.5. The molecule has 0 bridgehead atoms.